The molecule has 1 aromatic heterocycles. The highest BCUT2D eigenvalue weighted by atomic mass is 32.1. The lowest BCUT2D eigenvalue weighted by Crippen LogP contribution is -2.48. The lowest BCUT2D eigenvalue weighted by atomic mass is 10.2. The molecule has 0 N–H and O–H groups in total. The van der Waals surface area contributed by atoms with Gasteiger partial charge in [0.15, 0.2) is 0 Å². The van der Waals surface area contributed by atoms with Crippen LogP contribution in [0.4, 0.5) is 9.52 Å². The average molecular weight is 320 g/mol. The van der Waals surface area contributed by atoms with Gasteiger partial charge in [-0.15, -0.1) is 0 Å². The average Bonchev–Trinajstić information content (AvgIpc) is 3.03. The molecular formula is C15H17FN4OS. The zero-order valence-corrected chi connectivity index (χ0v) is 13.1. The van der Waals surface area contributed by atoms with E-state index < -0.39 is 0 Å². The Bertz CT molecular complexity index is 667. The lowest BCUT2D eigenvalue weighted by Gasteiger charge is -2.34. The van der Waals surface area contributed by atoms with Crippen molar-refractivity contribution in [2.75, 3.05) is 31.1 Å². The molecule has 1 fully saturated rings. The molecule has 2 heterocycles. The second-order valence-electron chi connectivity index (χ2n) is 5.14. The van der Waals surface area contributed by atoms with Gasteiger partial charge in [-0.1, -0.05) is 13.0 Å². The summed E-state index contributed by atoms with van der Waals surface area (Å²) in [5.41, 5.74) is 0.401. The number of nitrogens with zero attached hydrogens (tertiary/aromatic N) is 4. The number of aryl methyl sites for hydroxylation is 1. The van der Waals surface area contributed by atoms with Gasteiger partial charge in [-0.2, -0.15) is 4.37 Å². The van der Waals surface area contributed by atoms with E-state index in [0.29, 0.717) is 18.7 Å². The van der Waals surface area contributed by atoms with Gasteiger partial charge in [0.25, 0.3) is 5.91 Å². The fraction of sp³-hybridized carbons (Fsp3) is 0.400. The van der Waals surface area contributed by atoms with Crippen molar-refractivity contribution in [3.05, 3.63) is 41.5 Å². The van der Waals surface area contributed by atoms with Gasteiger partial charge in [0, 0.05) is 49.7 Å². The summed E-state index contributed by atoms with van der Waals surface area (Å²) >= 11 is 1.40. The molecule has 2 aromatic rings. The molecule has 5 nitrogen and oxygen atoms in total. The Labute approximate surface area is 132 Å². The first kappa shape index (κ1) is 14.9. The number of carbonyl (C=O) groups excluding carboxylic acids is 1. The van der Waals surface area contributed by atoms with Gasteiger partial charge in [0.05, 0.1) is 0 Å². The maximum Gasteiger partial charge on any atom is 0.254 e. The Kier molecular flexibility index (Phi) is 4.33. The van der Waals surface area contributed by atoms with Crippen molar-refractivity contribution in [2.24, 2.45) is 0 Å². The van der Waals surface area contributed by atoms with Crippen LogP contribution in [-0.2, 0) is 6.42 Å². The number of benzene rings is 1. The second kappa shape index (κ2) is 6.39. The maximum absolute atomic E-state index is 13.2. The van der Waals surface area contributed by atoms with Crippen LogP contribution in [0.15, 0.2) is 24.3 Å². The van der Waals surface area contributed by atoms with Crippen LogP contribution in [0, 0.1) is 5.82 Å². The van der Waals surface area contributed by atoms with Crippen LogP contribution < -0.4 is 4.90 Å². The highest BCUT2D eigenvalue weighted by molar-refractivity contribution is 7.09. The van der Waals surface area contributed by atoms with Gasteiger partial charge >= 0.3 is 0 Å². The fourth-order valence-electron chi connectivity index (χ4n) is 2.42. The summed E-state index contributed by atoms with van der Waals surface area (Å²) in [5, 5.41) is 0.912. The van der Waals surface area contributed by atoms with Crippen LogP contribution in [0.2, 0.25) is 0 Å². The van der Waals surface area contributed by atoms with Gasteiger partial charge < -0.3 is 9.80 Å². The Balaban J connectivity index is 1.62. The summed E-state index contributed by atoms with van der Waals surface area (Å²) in [6.07, 6.45) is 0.828. The van der Waals surface area contributed by atoms with Gasteiger partial charge in [0.2, 0.25) is 5.13 Å². The molecule has 0 radical (unpaired) electrons. The summed E-state index contributed by atoms with van der Waals surface area (Å²) < 4.78 is 17.5. The Hall–Kier alpha value is -2.02. The maximum atomic E-state index is 13.2. The standard InChI is InChI=1S/C15H17FN4OS/c1-2-13-17-15(22-18-13)20-8-6-19(7-9-20)14(21)11-4-3-5-12(16)10-11/h3-5,10H,2,6-9H2,1H3. The highest BCUT2D eigenvalue weighted by Crippen LogP contribution is 2.20. The number of amides is 1. The zero-order chi connectivity index (χ0) is 15.5. The largest absolute Gasteiger partial charge is 0.343 e. The van der Waals surface area contributed by atoms with Crippen LogP contribution >= 0.6 is 11.5 Å². The second-order valence-corrected chi connectivity index (χ2v) is 5.87. The molecule has 22 heavy (non-hydrogen) atoms. The number of hydrogen-bond donors (Lipinski definition) is 0. The number of rotatable bonds is 3. The molecule has 0 atom stereocenters. The van der Waals surface area contributed by atoms with E-state index in [2.05, 4.69) is 14.3 Å². The zero-order valence-electron chi connectivity index (χ0n) is 12.3. The lowest BCUT2D eigenvalue weighted by molar-refractivity contribution is 0.0746. The van der Waals surface area contributed by atoms with Crippen LogP contribution in [0.5, 0.6) is 0 Å². The highest BCUT2D eigenvalue weighted by Gasteiger charge is 2.24. The van der Waals surface area contributed by atoms with E-state index in [1.54, 1.807) is 17.0 Å². The third kappa shape index (κ3) is 3.09. The molecule has 3 rings (SSSR count). The predicted molar refractivity (Wildman–Crippen MR) is 83.8 cm³/mol. The smallest absolute Gasteiger partial charge is 0.254 e. The van der Waals surface area contributed by atoms with Crippen molar-refractivity contribution >= 4 is 22.6 Å². The first-order valence-corrected chi connectivity index (χ1v) is 8.07. The molecular weight excluding hydrogens is 303 g/mol. The van der Waals surface area contributed by atoms with E-state index in [9.17, 15) is 9.18 Å². The minimum atomic E-state index is -0.384. The van der Waals surface area contributed by atoms with Crippen molar-refractivity contribution in [1.82, 2.24) is 14.3 Å². The number of piperazine rings is 1. The first-order valence-electron chi connectivity index (χ1n) is 7.29. The third-order valence-corrected chi connectivity index (χ3v) is 4.50. The molecule has 1 saturated heterocycles. The normalized spacial score (nSPS) is 15.2. The number of anilines is 1. The van der Waals surface area contributed by atoms with Crippen molar-refractivity contribution < 1.29 is 9.18 Å². The minimum Gasteiger partial charge on any atom is -0.343 e. The van der Waals surface area contributed by atoms with Crippen LogP contribution in [0.3, 0.4) is 0 Å². The third-order valence-electron chi connectivity index (χ3n) is 3.68. The summed E-state index contributed by atoms with van der Waals surface area (Å²) in [6, 6.07) is 5.84. The summed E-state index contributed by atoms with van der Waals surface area (Å²) in [5.74, 6) is 0.356. The van der Waals surface area contributed by atoms with Crippen molar-refractivity contribution in [1.29, 1.82) is 0 Å². The summed E-state index contributed by atoms with van der Waals surface area (Å²) in [6.45, 7) is 4.69. The Morgan fingerprint density at radius 3 is 2.73 bits per heavy atom. The molecule has 0 aliphatic carbocycles. The number of halogens is 1. The molecule has 7 heteroatoms. The molecule has 0 unspecified atom stereocenters. The number of hydrogen-bond acceptors (Lipinski definition) is 5. The Morgan fingerprint density at radius 1 is 1.32 bits per heavy atom. The van der Waals surface area contributed by atoms with Gasteiger partial charge in [-0.3, -0.25) is 4.79 Å². The quantitative estimate of drug-likeness (QED) is 0.870. The van der Waals surface area contributed by atoms with Crippen LogP contribution in [0.25, 0.3) is 0 Å². The van der Waals surface area contributed by atoms with Gasteiger partial charge in [0.1, 0.15) is 11.6 Å². The Morgan fingerprint density at radius 2 is 2.09 bits per heavy atom. The number of aromatic nitrogens is 2. The molecule has 0 saturated carbocycles. The summed E-state index contributed by atoms with van der Waals surface area (Å²) in [4.78, 5) is 20.7. The number of carbonyl (C=O) groups is 1. The molecule has 1 aromatic carbocycles. The molecule has 1 amide bonds. The van der Waals surface area contributed by atoms with E-state index in [1.807, 2.05) is 6.92 Å². The topological polar surface area (TPSA) is 49.3 Å². The van der Waals surface area contributed by atoms with Gasteiger partial charge in [-0.05, 0) is 18.2 Å². The SMILES string of the molecule is CCc1nsc(N2CCN(C(=O)c3cccc(F)c3)CC2)n1. The fourth-order valence-corrected chi connectivity index (χ4v) is 3.22. The van der Waals surface area contributed by atoms with E-state index >= 15 is 0 Å². The molecule has 116 valence electrons. The first-order chi connectivity index (χ1) is 10.7. The van der Waals surface area contributed by atoms with E-state index in [1.165, 1.54) is 23.7 Å². The van der Waals surface area contributed by atoms with E-state index in [0.717, 1.165) is 30.5 Å². The summed E-state index contributed by atoms with van der Waals surface area (Å²) in [7, 11) is 0. The van der Waals surface area contributed by atoms with Crippen molar-refractivity contribution in [3.8, 4) is 0 Å². The monoisotopic (exact) mass is 320 g/mol. The van der Waals surface area contributed by atoms with Crippen LogP contribution in [0.1, 0.15) is 23.1 Å². The minimum absolute atomic E-state index is 0.120. The molecule has 0 spiro atoms. The van der Waals surface area contributed by atoms with Crippen LogP contribution in [-0.4, -0.2) is 46.3 Å². The molecule has 1 aliphatic heterocycles. The van der Waals surface area contributed by atoms with Crippen molar-refractivity contribution in [3.63, 3.8) is 0 Å². The van der Waals surface area contributed by atoms with Crippen molar-refractivity contribution in [2.45, 2.75) is 13.3 Å². The van der Waals surface area contributed by atoms with E-state index in [-0.39, 0.29) is 11.7 Å². The van der Waals surface area contributed by atoms with Gasteiger partial charge in [-0.25, -0.2) is 9.37 Å². The van der Waals surface area contributed by atoms with E-state index in [4.69, 9.17) is 0 Å². The predicted octanol–water partition coefficient (Wildman–Crippen LogP) is 2.20. The molecule has 0 bridgehead atoms. The molecule has 1 aliphatic rings.